The van der Waals surface area contributed by atoms with Crippen LogP contribution in [-0.4, -0.2) is 23.2 Å². The lowest BCUT2D eigenvalue weighted by Crippen LogP contribution is -2.22. The Morgan fingerprint density at radius 2 is 1.90 bits per heavy atom. The van der Waals surface area contributed by atoms with Crippen molar-refractivity contribution in [2.24, 2.45) is 0 Å². The molecule has 2 N–H and O–H groups in total. The Labute approximate surface area is 119 Å². The zero-order chi connectivity index (χ0) is 14.4. The number of aromatic nitrogens is 1. The minimum atomic E-state index is -0.0693. The van der Waals surface area contributed by atoms with Crippen molar-refractivity contribution < 1.29 is 9.52 Å². The molecule has 0 spiro atoms. The van der Waals surface area contributed by atoms with Crippen molar-refractivity contribution in [2.75, 3.05) is 23.3 Å². The van der Waals surface area contributed by atoms with E-state index in [1.54, 1.807) is 6.07 Å². The number of furan rings is 1. The topological polar surface area (TPSA) is 61.5 Å². The van der Waals surface area contributed by atoms with Crippen molar-refractivity contribution in [3.05, 3.63) is 42.0 Å². The number of nitrogens with zero attached hydrogens (tertiary/aromatic N) is 2. The van der Waals surface area contributed by atoms with Gasteiger partial charge in [-0.25, -0.2) is 4.98 Å². The summed E-state index contributed by atoms with van der Waals surface area (Å²) in [5.41, 5.74) is 0.947. The summed E-state index contributed by atoms with van der Waals surface area (Å²) in [6, 6.07) is 7.65. The number of aliphatic hydroxyl groups excluding tert-OH is 1. The minimum absolute atomic E-state index is 0.0693. The van der Waals surface area contributed by atoms with Crippen molar-refractivity contribution in [3.8, 4) is 0 Å². The molecule has 0 fully saturated rings. The van der Waals surface area contributed by atoms with Gasteiger partial charge in [0.1, 0.15) is 23.9 Å². The molecule has 0 radical (unpaired) electrons. The Morgan fingerprint density at radius 1 is 1.15 bits per heavy atom. The Kier molecular flexibility index (Phi) is 5.01. The number of rotatable bonds is 7. The SMILES string of the molecule is CCN(CC)c1ccc(NCc2ccc(CO)o2)cn1. The van der Waals surface area contributed by atoms with E-state index >= 15 is 0 Å². The number of hydrogen-bond acceptors (Lipinski definition) is 5. The average Bonchev–Trinajstić information content (AvgIpc) is 2.96. The second-order valence-electron chi connectivity index (χ2n) is 4.46. The molecule has 0 saturated heterocycles. The van der Waals surface area contributed by atoms with Gasteiger partial charge in [-0.2, -0.15) is 0 Å². The highest BCUT2D eigenvalue weighted by atomic mass is 16.4. The Bertz CT molecular complexity index is 518. The monoisotopic (exact) mass is 275 g/mol. The van der Waals surface area contributed by atoms with Crippen LogP contribution in [0, 0.1) is 0 Å². The first-order chi connectivity index (χ1) is 9.76. The third-order valence-corrected chi connectivity index (χ3v) is 3.18. The minimum Gasteiger partial charge on any atom is -0.462 e. The van der Waals surface area contributed by atoms with Gasteiger partial charge in [0, 0.05) is 13.1 Å². The first kappa shape index (κ1) is 14.4. The lowest BCUT2D eigenvalue weighted by atomic mass is 10.3. The third kappa shape index (κ3) is 3.51. The summed E-state index contributed by atoms with van der Waals surface area (Å²) in [5, 5.41) is 12.2. The third-order valence-electron chi connectivity index (χ3n) is 3.18. The van der Waals surface area contributed by atoms with E-state index in [1.165, 1.54) is 0 Å². The van der Waals surface area contributed by atoms with Crippen LogP contribution < -0.4 is 10.2 Å². The van der Waals surface area contributed by atoms with Crippen LogP contribution in [0.25, 0.3) is 0 Å². The molecule has 0 atom stereocenters. The molecule has 0 saturated carbocycles. The zero-order valence-electron chi connectivity index (χ0n) is 12.0. The lowest BCUT2D eigenvalue weighted by Gasteiger charge is -2.19. The number of nitrogens with one attached hydrogen (secondary N) is 1. The Morgan fingerprint density at radius 3 is 2.45 bits per heavy atom. The van der Waals surface area contributed by atoms with Crippen molar-refractivity contribution >= 4 is 11.5 Å². The van der Waals surface area contributed by atoms with Crippen LogP contribution in [0.3, 0.4) is 0 Å². The molecule has 2 rings (SSSR count). The Hall–Kier alpha value is -2.01. The first-order valence-electron chi connectivity index (χ1n) is 6.90. The number of anilines is 2. The fourth-order valence-electron chi connectivity index (χ4n) is 2.02. The molecule has 0 aliphatic heterocycles. The van der Waals surface area contributed by atoms with Crippen molar-refractivity contribution in [1.29, 1.82) is 0 Å². The first-order valence-corrected chi connectivity index (χ1v) is 6.90. The molecule has 0 aliphatic carbocycles. The molecule has 2 heterocycles. The van der Waals surface area contributed by atoms with Crippen LogP contribution >= 0.6 is 0 Å². The molecule has 108 valence electrons. The van der Waals surface area contributed by atoms with Crippen LogP contribution in [0.1, 0.15) is 25.4 Å². The summed E-state index contributed by atoms with van der Waals surface area (Å²) in [4.78, 5) is 6.65. The van der Waals surface area contributed by atoms with Crippen LogP contribution in [0.5, 0.6) is 0 Å². The van der Waals surface area contributed by atoms with Crippen LogP contribution in [0.2, 0.25) is 0 Å². The lowest BCUT2D eigenvalue weighted by molar-refractivity contribution is 0.244. The van der Waals surface area contributed by atoms with Gasteiger partial charge in [-0.3, -0.25) is 0 Å². The highest BCUT2D eigenvalue weighted by molar-refractivity contribution is 5.48. The van der Waals surface area contributed by atoms with Crippen LogP contribution in [0.15, 0.2) is 34.9 Å². The molecular weight excluding hydrogens is 254 g/mol. The molecule has 0 amide bonds. The predicted molar refractivity (Wildman–Crippen MR) is 79.8 cm³/mol. The fraction of sp³-hybridized carbons (Fsp3) is 0.400. The van der Waals surface area contributed by atoms with E-state index in [0.717, 1.165) is 30.4 Å². The van der Waals surface area contributed by atoms with E-state index < -0.39 is 0 Å². The summed E-state index contributed by atoms with van der Waals surface area (Å²) in [7, 11) is 0. The summed E-state index contributed by atoms with van der Waals surface area (Å²) in [5.74, 6) is 2.36. The molecule has 2 aromatic heterocycles. The molecule has 0 aromatic carbocycles. The van der Waals surface area contributed by atoms with E-state index in [0.29, 0.717) is 12.3 Å². The van der Waals surface area contributed by atoms with Crippen molar-refractivity contribution in [2.45, 2.75) is 27.0 Å². The number of aliphatic hydroxyl groups is 1. The molecule has 20 heavy (non-hydrogen) atoms. The smallest absolute Gasteiger partial charge is 0.129 e. The predicted octanol–water partition coefficient (Wildman–Crippen LogP) is 2.63. The molecule has 0 aliphatic rings. The van der Waals surface area contributed by atoms with E-state index in [9.17, 15) is 0 Å². The van der Waals surface area contributed by atoms with Gasteiger partial charge in [-0.1, -0.05) is 0 Å². The average molecular weight is 275 g/mol. The largest absolute Gasteiger partial charge is 0.462 e. The van der Waals surface area contributed by atoms with Crippen LogP contribution in [-0.2, 0) is 13.2 Å². The highest BCUT2D eigenvalue weighted by Gasteiger charge is 2.04. The van der Waals surface area contributed by atoms with Gasteiger partial charge in [0.2, 0.25) is 0 Å². The molecule has 0 bridgehead atoms. The summed E-state index contributed by atoms with van der Waals surface area (Å²) in [6.07, 6.45) is 1.82. The molecule has 5 heteroatoms. The normalized spacial score (nSPS) is 10.6. The van der Waals surface area contributed by atoms with Gasteiger partial charge in [0.15, 0.2) is 0 Å². The summed E-state index contributed by atoms with van der Waals surface area (Å²) < 4.78 is 5.41. The number of pyridine rings is 1. The zero-order valence-corrected chi connectivity index (χ0v) is 12.0. The van der Waals surface area contributed by atoms with E-state index in [-0.39, 0.29) is 6.61 Å². The molecule has 5 nitrogen and oxygen atoms in total. The second kappa shape index (κ2) is 6.96. The maximum absolute atomic E-state index is 8.94. The second-order valence-corrected chi connectivity index (χ2v) is 4.46. The van der Waals surface area contributed by atoms with Gasteiger partial charge in [0.25, 0.3) is 0 Å². The van der Waals surface area contributed by atoms with Crippen molar-refractivity contribution in [1.82, 2.24) is 4.98 Å². The summed E-state index contributed by atoms with van der Waals surface area (Å²) in [6.45, 7) is 6.64. The summed E-state index contributed by atoms with van der Waals surface area (Å²) >= 11 is 0. The van der Waals surface area contributed by atoms with Gasteiger partial charge in [-0.05, 0) is 38.1 Å². The standard InChI is InChI=1S/C15H21N3O2/c1-3-18(4-2)15-8-5-12(9-17-15)16-10-13-6-7-14(11-19)20-13/h5-9,16,19H,3-4,10-11H2,1-2H3. The van der Waals surface area contributed by atoms with Gasteiger partial charge < -0.3 is 19.7 Å². The van der Waals surface area contributed by atoms with Gasteiger partial charge in [0.05, 0.1) is 18.4 Å². The van der Waals surface area contributed by atoms with Gasteiger partial charge in [-0.15, -0.1) is 0 Å². The fourth-order valence-corrected chi connectivity index (χ4v) is 2.02. The van der Waals surface area contributed by atoms with E-state index in [2.05, 4.69) is 29.0 Å². The Balaban J connectivity index is 1.93. The highest BCUT2D eigenvalue weighted by Crippen LogP contribution is 2.15. The molecule has 2 aromatic rings. The molecular formula is C15H21N3O2. The maximum Gasteiger partial charge on any atom is 0.129 e. The number of hydrogen-bond donors (Lipinski definition) is 2. The maximum atomic E-state index is 8.94. The van der Waals surface area contributed by atoms with E-state index in [4.69, 9.17) is 9.52 Å². The quantitative estimate of drug-likeness (QED) is 0.813. The van der Waals surface area contributed by atoms with E-state index in [1.807, 2.05) is 24.4 Å². The van der Waals surface area contributed by atoms with Crippen LogP contribution in [0.4, 0.5) is 11.5 Å². The van der Waals surface area contributed by atoms with Crippen molar-refractivity contribution in [3.63, 3.8) is 0 Å². The van der Waals surface area contributed by atoms with Gasteiger partial charge >= 0.3 is 0 Å². The molecule has 0 unspecified atom stereocenters.